The smallest absolute Gasteiger partial charge is 0.475 e. The van der Waals surface area contributed by atoms with Crippen molar-refractivity contribution in [1.82, 2.24) is 5.32 Å². The van der Waals surface area contributed by atoms with Crippen molar-refractivity contribution >= 4 is 5.97 Å². The quantitative estimate of drug-likeness (QED) is 0.700. The molecule has 0 amide bonds. The second-order valence-corrected chi connectivity index (χ2v) is 3.93. The third-order valence-corrected chi connectivity index (χ3v) is 1.94. The van der Waals surface area contributed by atoms with Crippen LogP contribution in [0.5, 0.6) is 0 Å². The highest BCUT2D eigenvalue weighted by Crippen LogP contribution is 2.18. The number of carbonyl (C=O) groups is 1. The van der Waals surface area contributed by atoms with Crippen LogP contribution in [0, 0.1) is 0 Å². The Balaban J connectivity index is 0.000000325. The number of morpholine rings is 1. The summed E-state index contributed by atoms with van der Waals surface area (Å²) in [6.45, 7) is 5.18. The maximum absolute atomic E-state index is 13.1. The van der Waals surface area contributed by atoms with Gasteiger partial charge in [0.15, 0.2) is 0 Å². The predicted molar refractivity (Wildman–Crippen MR) is 51.5 cm³/mol. The summed E-state index contributed by atoms with van der Waals surface area (Å²) in [5.74, 6) is -2.76. The van der Waals surface area contributed by atoms with Crippen molar-refractivity contribution in [3.8, 4) is 0 Å². The van der Waals surface area contributed by atoms with Crippen LogP contribution in [-0.4, -0.2) is 48.7 Å². The van der Waals surface area contributed by atoms with Gasteiger partial charge in [0.2, 0.25) is 0 Å². The van der Waals surface area contributed by atoms with Crippen molar-refractivity contribution in [1.29, 1.82) is 0 Å². The molecule has 0 radical (unpaired) electrons. The first kappa shape index (κ1) is 16.1. The van der Waals surface area contributed by atoms with Crippen molar-refractivity contribution < 1.29 is 32.2 Å². The van der Waals surface area contributed by atoms with Crippen LogP contribution < -0.4 is 5.32 Å². The van der Waals surface area contributed by atoms with Gasteiger partial charge in [0.05, 0.1) is 6.61 Å². The molecule has 0 aromatic rings. The molecule has 1 aliphatic rings. The fourth-order valence-corrected chi connectivity index (χ4v) is 1.01. The maximum atomic E-state index is 13.1. The third-order valence-electron chi connectivity index (χ3n) is 1.94. The molecule has 0 bridgehead atoms. The van der Waals surface area contributed by atoms with Gasteiger partial charge in [0.1, 0.15) is 11.8 Å². The Labute approximate surface area is 95.9 Å². The number of alkyl halides is 4. The summed E-state index contributed by atoms with van der Waals surface area (Å²) in [6, 6.07) is 0. The molecular formula is C9H15F4NO3. The van der Waals surface area contributed by atoms with Crippen LogP contribution in [-0.2, 0) is 9.53 Å². The molecule has 0 aromatic heterocycles. The summed E-state index contributed by atoms with van der Waals surface area (Å²) in [5.41, 5.74) is -1.21. The van der Waals surface area contributed by atoms with E-state index in [0.717, 1.165) is 6.54 Å². The van der Waals surface area contributed by atoms with Crippen molar-refractivity contribution in [2.24, 2.45) is 0 Å². The molecule has 4 nitrogen and oxygen atoms in total. The van der Waals surface area contributed by atoms with E-state index in [0.29, 0.717) is 13.2 Å². The molecule has 0 spiro atoms. The Hall–Kier alpha value is -0.890. The lowest BCUT2D eigenvalue weighted by atomic mass is 10.0. The normalized spacial score (nSPS) is 21.4. The Morgan fingerprint density at radius 2 is 1.82 bits per heavy atom. The van der Waals surface area contributed by atoms with Crippen molar-refractivity contribution in [3.05, 3.63) is 0 Å². The highest BCUT2D eigenvalue weighted by Gasteiger charge is 2.38. The lowest BCUT2D eigenvalue weighted by Gasteiger charge is -2.30. The van der Waals surface area contributed by atoms with Crippen molar-refractivity contribution in [2.75, 3.05) is 19.7 Å². The fraction of sp³-hybridized carbons (Fsp3) is 0.889. The minimum Gasteiger partial charge on any atom is -0.475 e. The summed E-state index contributed by atoms with van der Waals surface area (Å²) >= 11 is 0. The van der Waals surface area contributed by atoms with Crippen LogP contribution in [0.2, 0.25) is 0 Å². The molecule has 102 valence electrons. The number of carboxylic acids is 1. The first-order valence-electron chi connectivity index (χ1n) is 4.86. The molecule has 1 unspecified atom stereocenters. The zero-order chi connectivity index (χ0) is 13.7. The molecule has 1 fully saturated rings. The van der Waals surface area contributed by atoms with E-state index in [2.05, 4.69) is 5.32 Å². The average Bonchev–Trinajstić information content (AvgIpc) is 2.17. The monoisotopic (exact) mass is 261 g/mol. The number of hydrogen-bond acceptors (Lipinski definition) is 3. The van der Waals surface area contributed by atoms with Crippen LogP contribution >= 0.6 is 0 Å². The molecular weight excluding hydrogens is 246 g/mol. The van der Waals surface area contributed by atoms with Gasteiger partial charge >= 0.3 is 12.1 Å². The van der Waals surface area contributed by atoms with E-state index in [4.69, 9.17) is 14.6 Å². The van der Waals surface area contributed by atoms with E-state index in [9.17, 15) is 17.6 Å². The Morgan fingerprint density at radius 3 is 2.00 bits per heavy atom. The molecule has 1 atom stereocenters. The second-order valence-electron chi connectivity index (χ2n) is 3.93. The average molecular weight is 261 g/mol. The standard InChI is InChI=1S/C7H14FNO.C2HF3O2/c1-7(2,8)6-5-9-3-4-10-6;3-2(4,5)1(6)7/h6,9H,3-5H2,1-2H3;(H,6,7). The maximum Gasteiger partial charge on any atom is 0.490 e. The molecule has 0 aromatic carbocycles. The number of aliphatic carboxylic acids is 1. The van der Waals surface area contributed by atoms with Crippen molar-refractivity contribution in [3.63, 3.8) is 0 Å². The number of carboxylic acid groups (broad SMARTS) is 1. The summed E-state index contributed by atoms with van der Waals surface area (Å²) in [7, 11) is 0. The number of halogens is 4. The van der Waals surface area contributed by atoms with Gasteiger partial charge in [0.25, 0.3) is 0 Å². The topological polar surface area (TPSA) is 58.6 Å². The van der Waals surface area contributed by atoms with Crippen LogP contribution in [0.15, 0.2) is 0 Å². The Morgan fingerprint density at radius 1 is 1.35 bits per heavy atom. The summed E-state index contributed by atoms with van der Waals surface area (Å²) in [5, 5.41) is 10.2. The minimum absolute atomic E-state index is 0.277. The first-order valence-corrected chi connectivity index (χ1v) is 4.86. The molecule has 1 rings (SSSR count). The van der Waals surface area contributed by atoms with Gasteiger partial charge in [-0.05, 0) is 13.8 Å². The molecule has 2 N–H and O–H groups in total. The lowest BCUT2D eigenvalue weighted by Crippen LogP contribution is -2.47. The minimum atomic E-state index is -5.08. The lowest BCUT2D eigenvalue weighted by molar-refractivity contribution is -0.192. The summed E-state index contributed by atoms with van der Waals surface area (Å²) < 4.78 is 50.1. The largest absolute Gasteiger partial charge is 0.490 e. The molecule has 0 aliphatic carbocycles. The van der Waals surface area contributed by atoms with Gasteiger partial charge in [-0.2, -0.15) is 13.2 Å². The predicted octanol–water partition coefficient (Wildman–Crippen LogP) is 1.36. The third kappa shape index (κ3) is 7.11. The van der Waals surface area contributed by atoms with Crippen LogP contribution in [0.25, 0.3) is 0 Å². The van der Waals surface area contributed by atoms with Gasteiger partial charge in [-0.15, -0.1) is 0 Å². The van der Waals surface area contributed by atoms with Crippen molar-refractivity contribution in [2.45, 2.75) is 31.8 Å². The van der Waals surface area contributed by atoms with E-state index in [1.54, 1.807) is 13.8 Å². The van der Waals surface area contributed by atoms with Gasteiger partial charge < -0.3 is 15.2 Å². The Kier molecular flexibility index (Phi) is 5.83. The highest BCUT2D eigenvalue weighted by molar-refractivity contribution is 5.73. The van der Waals surface area contributed by atoms with Gasteiger partial charge in [-0.25, -0.2) is 9.18 Å². The molecule has 1 saturated heterocycles. The van der Waals surface area contributed by atoms with Gasteiger partial charge in [0, 0.05) is 13.1 Å². The summed E-state index contributed by atoms with van der Waals surface area (Å²) in [4.78, 5) is 8.90. The number of hydrogen-bond donors (Lipinski definition) is 2. The summed E-state index contributed by atoms with van der Waals surface area (Å²) in [6.07, 6.45) is -5.36. The number of ether oxygens (including phenoxy) is 1. The molecule has 8 heteroatoms. The zero-order valence-corrected chi connectivity index (χ0v) is 9.47. The van der Waals surface area contributed by atoms with E-state index < -0.39 is 17.8 Å². The van der Waals surface area contributed by atoms with E-state index >= 15 is 0 Å². The molecule has 0 saturated carbocycles. The van der Waals surface area contributed by atoms with E-state index in [-0.39, 0.29) is 6.10 Å². The SMILES string of the molecule is CC(C)(F)C1CNCCO1.O=C(O)C(F)(F)F. The zero-order valence-electron chi connectivity index (χ0n) is 9.47. The van der Waals surface area contributed by atoms with Crippen LogP contribution in [0.3, 0.4) is 0 Å². The molecule has 1 aliphatic heterocycles. The highest BCUT2D eigenvalue weighted by atomic mass is 19.4. The number of rotatable bonds is 1. The van der Waals surface area contributed by atoms with E-state index in [1.807, 2.05) is 0 Å². The van der Waals surface area contributed by atoms with Gasteiger partial charge in [-0.3, -0.25) is 0 Å². The molecule has 1 heterocycles. The van der Waals surface area contributed by atoms with Crippen LogP contribution in [0.4, 0.5) is 17.6 Å². The van der Waals surface area contributed by atoms with Gasteiger partial charge in [-0.1, -0.05) is 0 Å². The fourth-order valence-electron chi connectivity index (χ4n) is 1.01. The first-order chi connectivity index (χ1) is 7.55. The number of nitrogens with one attached hydrogen (secondary N) is 1. The van der Waals surface area contributed by atoms with Crippen LogP contribution in [0.1, 0.15) is 13.8 Å². The molecule has 17 heavy (non-hydrogen) atoms. The second kappa shape index (κ2) is 6.15. The Bertz CT molecular complexity index is 244. The van der Waals surface area contributed by atoms with E-state index in [1.165, 1.54) is 0 Å².